The van der Waals surface area contributed by atoms with Gasteiger partial charge in [0.15, 0.2) is 11.5 Å². The second-order valence-electron chi connectivity index (χ2n) is 5.77. The summed E-state index contributed by atoms with van der Waals surface area (Å²) in [6.07, 6.45) is 2.58. The van der Waals surface area contributed by atoms with Gasteiger partial charge in [0.2, 0.25) is 0 Å². The highest BCUT2D eigenvalue weighted by atomic mass is 35.5. The lowest BCUT2D eigenvalue weighted by Crippen LogP contribution is -2.45. The Labute approximate surface area is 131 Å². The van der Waals surface area contributed by atoms with Crippen LogP contribution in [0.4, 0.5) is 0 Å². The Morgan fingerprint density at radius 3 is 2.48 bits per heavy atom. The molecular weight excluding hydrogens is 288 g/mol. The van der Waals surface area contributed by atoms with E-state index in [4.69, 9.17) is 21.1 Å². The molecule has 0 unspecified atom stereocenters. The molecular formula is C16H23ClN2O2. The lowest BCUT2D eigenvalue weighted by atomic mass is 9.99. The maximum absolute atomic E-state index is 6.63. The zero-order valence-corrected chi connectivity index (χ0v) is 13.4. The van der Waals surface area contributed by atoms with Gasteiger partial charge in [-0.15, -0.1) is 0 Å². The Hall–Kier alpha value is -0.970. The maximum Gasteiger partial charge on any atom is 0.179 e. The van der Waals surface area contributed by atoms with Gasteiger partial charge in [0.25, 0.3) is 0 Å². The molecule has 2 aliphatic rings. The molecule has 1 N–H and O–H groups in total. The minimum absolute atomic E-state index is 0.402. The van der Waals surface area contributed by atoms with Gasteiger partial charge in [-0.05, 0) is 30.4 Å². The van der Waals surface area contributed by atoms with Crippen molar-refractivity contribution in [3.63, 3.8) is 0 Å². The number of nitrogens with zero attached hydrogens (tertiary/aromatic N) is 1. The van der Waals surface area contributed by atoms with E-state index >= 15 is 0 Å². The fourth-order valence-corrected chi connectivity index (χ4v) is 3.60. The number of nitrogens with one attached hydrogen (secondary N) is 1. The number of hydrogen-bond donors (Lipinski definition) is 1. The quantitative estimate of drug-likeness (QED) is 0.906. The van der Waals surface area contributed by atoms with Crippen molar-refractivity contribution in [2.45, 2.75) is 18.9 Å². The van der Waals surface area contributed by atoms with Crippen LogP contribution in [0.3, 0.4) is 0 Å². The molecule has 4 nitrogen and oxygen atoms in total. The van der Waals surface area contributed by atoms with Gasteiger partial charge in [-0.1, -0.05) is 17.7 Å². The highest BCUT2D eigenvalue weighted by molar-refractivity contribution is 6.33. The third-order valence-electron chi connectivity index (χ3n) is 4.45. The summed E-state index contributed by atoms with van der Waals surface area (Å²) in [5, 5.41) is 4.12. The Bertz CT molecular complexity index is 499. The Kier molecular flexibility index (Phi) is 4.57. The molecule has 0 aromatic heterocycles. The number of methoxy groups -OCH3 is 2. The number of ether oxygens (including phenoxy) is 2. The Balaban J connectivity index is 1.95. The van der Waals surface area contributed by atoms with Crippen molar-refractivity contribution >= 4 is 11.6 Å². The number of piperazine rings is 1. The molecule has 0 spiro atoms. The van der Waals surface area contributed by atoms with Crippen molar-refractivity contribution in [1.82, 2.24) is 10.2 Å². The average molecular weight is 311 g/mol. The van der Waals surface area contributed by atoms with E-state index < -0.39 is 0 Å². The number of benzene rings is 1. The topological polar surface area (TPSA) is 33.7 Å². The monoisotopic (exact) mass is 310 g/mol. The van der Waals surface area contributed by atoms with Crippen LogP contribution >= 0.6 is 11.6 Å². The van der Waals surface area contributed by atoms with Crippen molar-refractivity contribution in [3.8, 4) is 11.5 Å². The molecule has 1 aliphatic carbocycles. The van der Waals surface area contributed by atoms with Gasteiger partial charge in [-0.2, -0.15) is 0 Å². The van der Waals surface area contributed by atoms with Gasteiger partial charge in [0.1, 0.15) is 0 Å². The highest BCUT2D eigenvalue weighted by Gasteiger charge is 2.38. The second kappa shape index (κ2) is 6.42. The first-order valence-corrected chi connectivity index (χ1v) is 7.99. The molecule has 1 aromatic rings. The molecule has 1 saturated carbocycles. The normalized spacial score (nSPS) is 21.1. The summed E-state index contributed by atoms with van der Waals surface area (Å²) in [6, 6.07) is 4.48. The summed E-state index contributed by atoms with van der Waals surface area (Å²) in [5.41, 5.74) is 1.18. The third kappa shape index (κ3) is 2.98. The van der Waals surface area contributed by atoms with Crippen LogP contribution in [0.15, 0.2) is 12.1 Å². The smallest absolute Gasteiger partial charge is 0.179 e. The van der Waals surface area contributed by atoms with Crippen LogP contribution < -0.4 is 14.8 Å². The molecule has 3 rings (SSSR count). The summed E-state index contributed by atoms with van der Waals surface area (Å²) in [6.45, 7) is 4.25. The van der Waals surface area contributed by atoms with Gasteiger partial charge in [0.05, 0.1) is 19.2 Å². The van der Waals surface area contributed by atoms with Crippen molar-refractivity contribution in [2.75, 3.05) is 40.4 Å². The van der Waals surface area contributed by atoms with Crippen LogP contribution in [0.1, 0.15) is 24.4 Å². The SMILES string of the molecule is COc1ccc([C@H](C2CC2)N2CCNCC2)c(Cl)c1OC. The molecule has 1 heterocycles. The summed E-state index contributed by atoms with van der Waals surface area (Å²) >= 11 is 6.63. The van der Waals surface area contributed by atoms with Gasteiger partial charge in [-0.3, -0.25) is 4.90 Å². The largest absolute Gasteiger partial charge is 0.493 e. The molecule has 1 aliphatic heterocycles. The predicted octanol–water partition coefficient (Wildman–Crippen LogP) is 2.71. The van der Waals surface area contributed by atoms with Crippen LogP contribution in [-0.2, 0) is 0 Å². The van der Waals surface area contributed by atoms with Crippen molar-refractivity contribution in [1.29, 1.82) is 0 Å². The molecule has 0 radical (unpaired) electrons. The molecule has 1 saturated heterocycles. The van der Waals surface area contributed by atoms with Crippen molar-refractivity contribution in [3.05, 3.63) is 22.7 Å². The average Bonchev–Trinajstić information content (AvgIpc) is 3.34. The Morgan fingerprint density at radius 1 is 1.19 bits per heavy atom. The van der Waals surface area contributed by atoms with E-state index in [0.717, 1.165) is 32.1 Å². The van der Waals surface area contributed by atoms with Gasteiger partial charge in [0, 0.05) is 32.2 Å². The highest BCUT2D eigenvalue weighted by Crippen LogP contribution is 2.49. The summed E-state index contributed by atoms with van der Waals surface area (Å²) in [5.74, 6) is 2.07. The fourth-order valence-electron chi connectivity index (χ4n) is 3.25. The summed E-state index contributed by atoms with van der Waals surface area (Å²) < 4.78 is 10.8. The van der Waals surface area contributed by atoms with E-state index in [0.29, 0.717) is 22.6 Å². The zero-order valence-electron chi connectivity index (χ0n) is 12.7. The van der Waals surface area contributed by atoms with Crippen LogP contribution in [0.25, 0.3) is 0 Å². The standard InChI is InChI=1S/C16H23ClN2O2/c1-20-13-6-5-12(14(17)16(13)21-2)15(11-3-4-11)19-9-7-18-8-10-19/h5-6,11,15,18H,3-4,7-10H2,1-2H3/t15-/m0/s1. The van der Waals surface area contributed by atoms with Crippen molar-refractivity contribution < 1.29 is 9.47 Å². The van der Waals surface area contributed by atoms with Crippen LogP contribution in [-0.4, -0.2) is 45.3 Å². The maximum atomic E-state index is 6.63. The molecule has 0 amide bonds. The zero-order chi connectivity index (χ0) is 14.8. The van der Waals surface area contributed by atoms with Crippen molar-refractivity contribution in [2.24, 2.45) is 5.92 Å². The predicted molar refractivity (Wildman–Crippen MR) is 84.5 cm³/mol. The van der Waals surface area contributed by atoms with Crippen LogP contribution in [0.2, 0.25) is 5.02 Å². The molecule has 5 heteroatoms. The Morgan fingerprint density at radius 2 is 1.90 bits per heavy atom. The first kappa shape index (κ1) is 14.9. The molecule has 1 atom stereocenters. The van der Waals surface area contributed by atoms with Gasteiger partial charge < -0.3 is 14.8 Å². The number of halogens is 1. The fraction of sp³-hybridized carbons (Fsp3) is 0.625. The van der Waals surface area contributed by atoms with Gasteiger partial charge in [-0.25, -0.2) is 0 Å². The van der Waals surface area contributed by atoms with Crippen LogP contribution in [0, 0.1) is 5.92 Å². The van der Waals surface area contributed by atoms with Crippen LogP contribution in [0.5, 0.6) is 11.5 Å². The number of rotatable bonds is 5. The lowest BCUT2D eigenvalue weighted by Gasteiger charge is -2.36. The minimum atomic E-state index is 0.402. The number of hydrogen-bond acceptors (Lipinski definition) is 4. The van der Waals surface area contributed by atoms with E-state index in [-0.39, 0.29) is 0 Å². The summed E-state index contributed by atoms with van der Waals surface area (Å²) in [7, 11) is 3.28. The molecule has 21 heavy (non-hydrogen) atoms. The molecule has 116 valence electrons. The van der Waals surface area contributed by atoms with Gasteiger partial charge >= 0.3 is 0 Å². The van der Waals surface area contributed by atoms with E-state index in [9.17, 15) is 0 Å². The third-order valence-corrected chi connectivity index (χ3v) is 4.84. The second-order valence-corrected chi connectivity index (χ2v) is 6.15. The molecule has 0 bridgehead atoms. The summed E-state index contributed by atoms with van der Waals surface area (Å²) in [4.78, 5) is 2.56. The molecule has 1 aromatic carbocycles. The molecule has 2 fully saturated rings. The lowest BCUT2D eigenvalue weighted by molar-refractivity contribution is 0.156. The first-order valence-electron chi connectivity index (χ1n) is 7.61. The minimum Gasteiger partial charge on any atom is -0.493 e. The first-order chi connectivity index (χ1) is 10.3. The van der Waals surface area contributed by atoms with E-state index in [1.165, 1.54) is 18.4 Å². The van der Waals surface area contributed by atoms with E-state index in [2.05, 4.69) is 16.3 Å². The van der Waals surface area contributed by atoms with E-state index in [1.54, 1.807) is 14.2 Å². The van der Waals surface area contributed by atoms with E-state index in [1.807, 2.05) is 6.07 Å².